The number of hydrogen-bond acceptors (Lipinski definition) is 4. The van der Waals surface area contributed by atoms with Crippen LogP contribution in [0.2, 0.25) is 0 Å². The van der Waals surface area contributed by atoms with Crippen molar-refractivity contribution in [3.8, 4) is 0 Å². The Morgan fingerprint density at radius 3 is 2.30 bits per heavy atom. The van der Waals surface area contributed by atoms with Crippen LogP contribution in [-0.4, -0.2) is 51.4 Å². The SMILES string of the molecule is O=C1CCCN1C1CCN(Cc2cnc(C3CCC3)nc2)CC1. The lowest BCUT2D eigenvalue weighted by atomic mass is 9.85. The third-order valence-corrected chi connectivity index (χ3v) is 5.71. The second-order valence-corrected chi connectivity index (χ2v) is 7.28. The van der Waals surface area contributed by atoms with E-state index in [2.05, 4.69) is 19.8 Å². The van der Waals surface area contributed by atoms with Gasteiger partial charge in [-0.2, -0.15) is 0 Å². The molecule has 0 radical (unpaired) electrons. The van der Waals surface area contributed by atoms with Gasteiger partial charge in [0, 0.05) is 62.5 Å². The molecule has 1 amide bonds. The number of piperidine rings is 1. The Balaban J connectivity index is 1.28. The van der Waals surface area contributed by atoms with Gasteiger partial charge >= 0.3 is 0 Å². The molecule has 23 heavy (non-hydrogen) atoms. The van der Waals surface area contributed by atoms with Crippen molar-refractivity contribution >= 4 is 5.91 Å². The van der Waals surface area contributed by atoms with Crippen molar-refractivity contribution in [2.75, 3.05) is 19.6 Å². The average molecular weight is 314 g/mol. The molecular weight excluding hydrogens is 288 g/mol. The van der Waals surface area contributed by atoms with Gasteiger partial charge in [0.2, 0.25) is 5.91 Å². The van der Waals surface area contributed by atoms with E-state index in [1.807, 2.05) is 12.4 Å². The Kier molecular flexibility index (Phi) is 4.29. The second-order valence-electron chi connectivity index (χ2n) is 7.28. The van der Waals surface area contributed by atoms with E-state index >= 15 is 0 Å². The summed E-state index contributed by atoms with van der Waals surface area (Å²) in [5, 5.41) is 0. The van der Waals surface area contributed by atoms with Gasteiger partial charge in [-0.15, -0.1) is 0 Å². The third kappa shape index (κ3) is 3.25. The maximum absolute atomic E-state index is 11.9. The Morgan fingerprint density at radius 2 is 1.74 bits per heavy atom. The van der Waals surface area contributed by atoms with E-state index in [-0.39, 0.29) is 0 Å². The fraction of sp³-hybridized carbons (Fsp3) is 0.722. The van der Waals surface area contributed by atoms with Gasteiger partial charge in [0.1, 0.15) is 5.82 Å². The van der Waals surface area contributed by atoms with Crippen LogP contribution < -0.4 is 0 Å². The molecule has 0 aromatic carbocycles. The molecular formula is C18H26N4O. The van der Waals surface area contributed by atoms with E-state index in [1.54, 1.807) is 0 Å². The van der Waals surface area contributed by atoms with Crippen LogP contribution in [0, 0.1) is 0 Å². The van der Waals surface area contributed by atoms with Gasteiger partial charge in [0.15, 0.2) is 0 Å². The van der Waals surface area contributed by atoms with Gasteiger partial charge in [-0.3, -0.25) is 9.69 Å². The topological polar surface area (TPSA) is 49.3 Å². The number of hydrogen-bond donors (Lipinski definition) is 0. The molecule has 2 aliphatic heterocycles. The minimum absolute atomic E-state index is 0.364. The molecule has 3 fully saturated rings. The lowest BCUT2D eigenvalue weighted by molar-refractivity contribution is -0.130. The first-order valence-corrected chi connectivity index (χ1v) is 9.12. The highest BCUT2D eigenvalue weighted by molar-refractivity contribution is 5.78. The predicted molar refractivity (Wildman–Crippen MR) is 87.9 cm³/mol. The van der Waals surface area contributed by atoms with Gasteiger partial charge in [0.05, 0.1) is 0 Å². The highest BCUT2D eigenvalue weighted by atomic mass is 16.2. The molecule has 0 bridgehead atoms. The first-order valence-electron chi connectivity index (χ1n) is 9.12. The first kappa shape index (κ1) is 15.1. The lowest BCUT2D eigenvalue weighted by Gasteiger charge is -2.36. The maximum Gasteiger partial charge on any atom is 0.222 e. The Hall–Kier alpha value is -1.49. The van der Waals surface area contributed by atoms with Crippen molar-refractivity contribution in [1.82, 2.24) is 19.8 Å². The molecule has 2 saturated heterocycles. The summed E-state index contributed by atoms with van der Waals surface area (Å²) in [5.41, 5.74) is 1.21. The Bertz CT molecular complexity index is 547. The van der Waals surface area contributed by atoms with E-state index in [0.717, 1.165) is 57.7 Å². The van der Waals surface area contributed by atoms with E-state index < -0.39 is 0 Å². The normalized spacial score (nSPS) is 24.2. The quantitative estimate of drug-likeness (QED) is 0.856. The summed E-state index contributed by atoms with van der Waals surface area (Å²) in [6.07, 6.45) is 11.9. The van der Waals surface area contributed by atoms with Crippen LogP contribution in [0.1, 0.15) is 62.3 Å². The Labute approximate surface area is 138 Å². The van der Waals surface area contributed by atoms with E-state index in [4.69, 9.17) is 0 Å². The maximum atomic E-state index is 11.9. The van der Waals surface area contributed by atoms with Gasteiger partial charge in [-0.05, 0) is 32.1 Å². The fourth-order valence-electron chi connectivity index (χ4n) is 4.03. The van der Waals surface area contributed by atoms with Crippen LogP contribution in [0.4, 0.5) is 0 Å². The summed E-state index contributed by atoms with van der Waals surface area (Å²) < 4.78 is 0. The molecule has 1 saturated carbocycles. The van der Waals surface area contributed by atoms with Gasteiger partial charge in [0.25, 0.3) is 0 Å². The number of aromatic nitrogens is 2. The zero-order valence-corrected chi connectivity index (χ0v) is 13.8. The molecule has 5 nitrogen and oxygen atoms in total. The van der Waals surface area contributed by atoms with Crippen LogP contribution in [-0.2, 0) is 11.3 Å². The molecule has 124 valence electrons. The van der Waals surface area contributed by atoms with Crippen molar-refractivity contribution in [3.05, 3.63) is 23.8 Å². The van der Waals surface area contributed by atoms with Crippen molar-refractivity contribution in [2.24, 2.45) is 0 Å². The predicted octanol–water partition coefficient (Wildman–Crippen LogP) is 2.33. The summed E-state index contributed by atoms with van der Waals surface area (Å²) in [6, 6.07) is 0.471. The second kappa shape index (κ2) is 6.56. The Morgan fingerprint density at radius 1 is 1.00 bits per heavy atom. The molecule has 1 aromatic rings. The number of rotatable bonds is 4. The zero-order valence-electron chi connectivity index (χ0n) is 13.8. The fourth-order valence-corrected chi connectivity index (χ4v) is 4.03. The molecule has 5 heteroatoms. The zero-order chi connectivity index (χ0) is 15.6. The van der Waals surface area contributed by atoms with E-state index in [0.29, 0.717) is 17.9 Å². The van der Waals surface area contributed by atoms with Crippen molar-refractivity contribution < 1.29 is 4.79 Å². The molecule has 0 unspecified atom stereocenters. The molecule has 3 heterocycles. The highest BCUT2D eigenvalue weighted by Gasteiger charge is 2.30. The summed E-state index contributed by atoms with van der Waals surface area (Å²) in [4.78, 5) is 25.6. The lowest BCUT2D eigenvalue weighted by Crippen LogP contribution is -2.45. The third-order valence-electron chi connectivity index (χ3n) is 5.71. The van der Waals surface area contributed by atoms with Gasteiger partial charge in [-0.25, -0.2) is 9.97 Å². The molecule has 3 aliphatic rings. The number of carbonyl (C=O) groups excluding carboxylic acids is 1. The number of carbonyl (C=O) groups is 1. The molecule has 0 N–H and O–H groups in total. The van der Waals surface area contributed by atoms with Crippen LogP contribution in [0.5, 0.6) is 0 Å². The summed E-state index contributed by atoms with van der Waals surface area (Å²) in [7, 11) is 0. The number of nitrogens with zero attached hydrogens (tertiary/aromatic N) is 4. The molecule has 0 spiro atoms. The average Bonchev–Trinajstić information content (AvgIpc) is 2.94. The first-order chi connectivity index (χ1) is 11.3. The number of amides is 1. The molecule has 0 atom stereocenters. The van der Waals surface area contributed by atoms with E-state index in [1.165, 1.54) is 24.8 Å². The monoisotopic (exact) mass is 314 g/mol. The standard InChI is InChI=1S/C18H26N4O/c23-17-5-2-8-22(17)16-6-9-21(10-7-16)13-14-11-19-18(20-12-14)15-3-1-4-15/h11-12,15-16H,1-10,13H2. The highest BCUT2D eigenvalue weighted by Crippen LogP contribution is 2.34. The molecule has 1 aliphatic carbocycles. The van der Waals surface area contributed by atoms with Crippen LogP contribution in [0.25, 0.3) is 0 Å². The molecule has 1 aromatic heterocycles. The van der Waals surface area contributed by atoms with Crippen molar-refractivity contribution in [1.29, 1.82) is 0 Å². The smallest absolute Gasteiger partial charge is 0.222 e. The van der Waals surface area contributed by atoms with Gasteiger partial charge < -0.3 is 4.90 Å². The number of likely N-dealkylation sites (tertiary alicyclic amines) is 2. The largest absolute Gasteiger partial charge is 0.340 e. The summed E-state index contributed by atoms with van der Waals surface area (Å²) in [6.45, 7) is 4.04. The van der Waals surface area contributed by atoms with Crippen LogP contribution >= 0.6 is 0 Å². The van der Waals surface area contributed by atoms with E-state index in [9.17, 15) is 4.79 Å². The van der Waals surface area contributed by atoms with Crippen molar-refractivity contribution in [3.63, 3.8) is 0 Å². The summed E-state index contributed by atoms with van der Waals surface area (Å²) >= 11 is 0. The summed E-state index contributed by atoms with van der Waals surface area (Å²) in [5.74, 6) is 2.01. The minimum atomic E-state index is 0.364. The van der Waals surface area contributed by atoms with Crippen LogP contribution in [0.3, 0.4) is 0 Å². The van der Waals surface area contributed by atoms with Gasteiger partial charge in [-0.1, -0.05) is 6.42 Å². The van der Waals surface area contributed by atoms with Crippen molar-refractivity contribution in [2.45, 2.75) is 63.5 Å². The molecule has 4 rings (SSSR count). The van der Waals surface area contributed by atoms with Crippen LogP contribution in [0.15, 0.2) is 12.4 Å². The minimum Gasteiger partial charge on any atom is -0.340 e.